The zero-order valence-electron chi connectivity index (χ0n) is 10.00. The van der Waals surface area contributed by atoms with Gasteiger partial charge < -0.3 is 15.3 Å². The molecule has 0 bridgehead atoms. The molecular formula is C10H20N2O3. The summed E-state index contributed by atoms with van der Waals surface area (Å²) in [5.74, 6) is -1.22. The van der Waals surface area contributed by atoms with Gasteiger partial charge in [-0.15, -0.1) is 0 Å². The van der Waals surface area contributed by atoms with Gasteiger partial charge in [0.15, 0.2) is 0 Å². The van der Waals surface area contributed by atoms with Gasteiger partial charge in [0.2, 0.25) is 5.91 Å². The second-order valence-corrected chi connectivity index (χ2v) is 4.09. The summed E-state index contributed by atoms with van der Waals surface area (Å²) in [4.78, 5) is 23.9. The summed E-state index contributed by atoms with van der Waals surface area (Å²) in [6.45, 7) is 7.53. The molecule has 15 heavy (non-hydrogen) atoms. The van der Waals surface area contributed by atoms with E-state index in [-0.39, 0.29) is 5.91 Å². The third kappa shape index (κ3) is 3.51. The second-order valence-electron chi connectivity index (χ2n) is 4.09. The Bertz CT molecular complexity index is 251. The van der Waals surface area contributed by atoms with Crippen LogP contribution < -0.4 is 5.32 Å². The number of nitrogens with zero attached hydrogens (tertiary/aromatic N) is 1. The SMILES string of the molecule is CCNC(C)(C)C(=O)N(C)C(C)C(=O)O. The summed E-state index contributed by atoms with van der Waals surface area (Å²) in [6, 6.07) is -0.810. The normalized spacial score (nSPS) is 13.4. The lowest BCUT2D eigenvalue weighted by Gasteiger charge is -2.32. The van der Waals surface area contributed by atoms with Crippen LogP contribution in [0.1, 0.15) is 27.7 Å². The number of rotatable bonds is 5. The topological polar surface area (TPSA) is 69.6 Å². The van der Waals surface area contributed by atoms with Gasteiger partial charge in [0.1, 0.15) is 6.04 Å². The minimum Gasteiger partial charge on any atom is -0.480 e. The van der Waals surface area contributed by atoms with Gasteiger partial charge in [0, 0.05) is 7.05 Å². The summed E-state index contributed by atoms with van der Waals surface area (Å²) < 4.78 is 0. The van der Waals surface area contributed by atoms with Gasteiger partial charge in [0.25, 0.3) is 0 Å². The molecule has 0 rings (SSSR count). The highest BCUT2D eigenvalue weighted by Crippen LogP contribution is 2.09. The number of carbonyl (C=O) groups is 2. The number of hydrogen-bond donors (Lipinski definition) is 2. The molecule has 0 saturated carbocycles. The van der Waals surface area contributed by atoms with Gasteiger partial charge >= 0.3 is 5.97 Å². The predicted molar refractivity (Wildman–Crippen MR) is 57.6 cm³/mol. The van der Waals surface area contributed by atoms with E-state index in [2.05, 4.69) is 5.32 Å². The Morgan fingerprint density at radius 2 is 1.93 bits per heavy atom. The Hall–Kier alpha value is -1.10. The van der Waals surface area contributed by atoms with Crippen LogP contribution in [-0.4, -0.2) is 47.1 Å². The van der Waals surface area contributed by atoms with E-state index in [0.717, 1.165) is 0 Å². The van der Waals surface area contributed by atoms with Crippen molar-refractivity contribution in [2.24, 2.45) is 0 Å². The molecule has 0 fully saturated rings. The number of carboxylic acid groups (broad SMARTS) is 1. The first kappa shape index (κ1) is 13.9. The number of likely N-dealkylation sites (N-methyl/N-ethyl adjacent to an activating group) is 2. The molecule has 0 spiro atoms. The summed E-state index contributed by atoms with van der Waals surface area (Å²) in [5.41, 5.74) is -0.729. The van der Waals surface area contributed by atoms with Crippen LogP contribution in [0, 0.1) is 0 Å². The molecule has 1 atom stereocenters. The lowest BCUT2D eigenvalue weighted by molar-refractivity contribution is -0.150. The highest BCUT2D eigenvalue weighted by Gasteiger charge is 2.33. The first-order valence-corrected chi connectivity index (χ1v) is 4.99. The Labute approximate surface area is 90.5 Å². The van der Waals surface area contributed by atoms with Crippen LogP contribution in [0.5, 0.6) is 0 Å². The maximum absolute atomic E-state index is 11.9. The summed E-state index contributed by atoms with van der Waals surface area (Å²) in [7, 11) is 1.50. The lowest BCUT2D eigenvalue weighted by Crippen LogP contribution is -2.56. The van der Waals surface area contributed by atoms with Crippen molar-refractivity contribution in [2.75, 3.05) is 13.6 Å². The summed E-state index contributed by atoms with van der Waals surface area (Å²) >= 11 is 0. The minimum atomic E-state index is -1.00. The maximum atomic E-state index is 11.9. The second kappa shape index (κ2) is 5.11. The molecule has 0 saturated heterocycles. The van der Waals surface area contributed by atoms with Crippen molar-refractivity contribution in [3.05, 3.63) is 0 Å². The Balaban J connectivity index is 4.63. The number of carboxylic acids is 1. The van der Waals surface area contributed by atoms with Gasteiger partial charge in [-0.25, -0.2) is 4.79 Å². The van der Waals surface area contributed by atoms with Crippen LogP contribution in [0.25, 0.3) is 0 Å². The molecule has 1 unspecified atom stereocenters. The molecule has 0 aliphatic heterocycles. The molecule has 0 aliphatic rings. The van der Waals surface area contributed by atoms with Crippen molar-refractivity contribution in [1.29, 1.82) is 0 Å². The Kier molecular flexibility index (Phi) is 4.74. The predicted octanol–water partition coefficient (Wildman–Crippen LogP) is 0.306. The first-order valence-electron chi connectivity index (χ1n) is 4.99. The minimum absolute atomic E-state index is 0.223. The quantitative estimate of drug-likeness (QED) is 0.693. The molecule has 0 radical (unpaired) electrons. The molecule has 1 amide bonds. The Morgan fingerprint density at radius 1 is 1.47 bits per heavy atom. The fourth-order valence-electron chi connectivity index (χ4n) is 1.30. The van der Waals surface area contributed by atoms with Crippen LogP contribution >= 0.6 is 0 Å². The van der Waals surface area contributed by atoms with Gasteiger partial charge in [-0.2, -0.15) is 0 Å². The smallest absolute Gasteiger partial charge is 0.326 e. The highest BCUT2D eigenvalue weighted by atomic mass is 16.4. The van der Waals surface area contributed by atoms with Crippen molar-refractivity contribution < 1.29 is 14.7 Å². The molecule has 5 nitrogen and oxygen atoms in total. The molecular weight excluding hydrogens is 196 g/mol. The highest BCUT2D eigenvalue weighted by molar-refractivity contribution is 5.89. The third-order valence-corrected chi connectivity index (χ3v) is 2.41. The number of aliphatic carboxylic acids is 1. The van der Waals surface area contributed by atoms with Crippen LogP contribution in [-0.2, 0) is 9.59 Å². The molecule has 0 aromatic heterocycles. The average molecular weight is 216 g/mol. The molecule has 88 valence electrons. The largest absolute Gasteiger partial charge is 0.480 e. The van der Waals surface area contributed by atoms with Crippen molar-refractivity contribution in [3.63, 3.8) is 0 Å². The molecule has 0 heterocycles. The van der Waals surface area contributed by atoms with Crippen molar-refractivity contribution in [3.8, 4) is 0 Å². The number of nitrogens with one attached hydrogen (secondary N) is 1. The zero-order valence-corrected chi connectivity index (χ0v) is 10.00. The van der Waals surface area contributed by atoms with E-state index in [1.807, 2.05) is 6.92 Å². The van der Waals surface area contributed by atoms with Crippen LogP contribution in [0.4, 0.5) is 0 Å². The standard InChI is InChI=1S/C10H20N2O3/c1-6-11-10(3,4)9(15)12(5)7(2)8(13)14/h7,11H,6H2,1-5H3,(H,13,14). The molecule has 5 heteroatoms. The van der Waals surface area contributed by atoms with Crippen LogP contribution in [0.15, 0.2) is 0 Å². The number of amides is 1. The molecule has 0 aromatic carbocycles. The van der Waals surface area contributed by atoms with E-state index >= 15 is 0 Å². The Morgan fingerprint density at radius 3 is 2.27 bits per heavy atom. The fourth-order valence-corrected chi connectivity index (χ4v) is 1.30. The van der Waals surface area contributed by atoms with E-state index < -0.39 is 17.6 Å². The van der Waals surface area contributed by atoms with E-state index in [1.165, 1.54) is 18.9 Å². The van der Waals surface area contributed by atoms with E-state index in [1.54, 1.807) is 13.8 Å². The summed E-state index contributed by atoms with van der Waals surface area (Å²) in [5, 5.41) is 11.8. The monoisotopic (exact) mass is 216 g/mol. The summed E-state index contributed by atoms with van der Waals surface area (Å²) in [6.07, 6.45) is 0. The maximum Gasteiger partial charge on any atom is 0.326 e. The van der Waals surface area contributed by atoms with Gasteiger partial charge in [-0.1, -0.05) is 6.92 Å². The molecule has 0 aromatic rings. The number of carbonyl (C=O) groups excluding carboxylic acids is 1. The first-order chi connectivity index (χ1) is 6.74. The van der Waals surface area contributed by atoms with Gasteiger partial charge in [-0.3, -0.25) is 4.79 Å². The number of hydrogen-bond acceptors (Lipinski definition) is 3. The lowest BCUT2D eigenvalue weighted by atomic mass is 10.0. The van der Waals surface area contributed by atoms with Crippen molar-refractivity contribution in [2.45, 2.75) is 39.3 Å². The van der Waals surface area contributed by atoms with Gasteiger partial charge in [-0.05, 0) is 27.3 Å². The van der Waals surface area contributed by atoms with Crippen LogP contribution in [0.2, 0.25) is 0 Å². The van der Waals surface area contributed by atoms with Gasteiger partial charge in [0.05, 0.1) is 5.54 Å². The van der Waals surface area contributed by atoms with E-state index in [4.69, 9.17) is 5.11 Å². The molecule has 2 N–H and O–H groups in total. The molecule has 0 aliphatic carbocycles. The van der Waals surface area contributed by atoms with Crippen molar-refractivity contribution in [1.82, 2.24) is 10.2 Å². The fraction of sp³-hybridized carbons (Fsp3) is 0.800. The van der Waals surface area contributed by atoms with Crippen molar-refractivity contribution >= 4 is 11.9 Å². The average Bonchev–Trinajstić information content (AvgIpc) is 2.14. The van der Waals surface area contributed by atoms with E-state index in [0.29, 0.717) is 6.54 Å². The van der Waals surface area contributed by atoms with E-state index in [9.17, 15) is 9.59 Å². The van der Waals surface area contributed by atoms with Crippen LogP contribution in [0.3, 0.4) is 0 Å². The zero-order chi connectivity index (χ0) is 12.2. The third-order valence-electron chi connectivity index (χ3n) is 2.41.